The average Bonchev–Trinajstić information content (AvgIpc) is 2.77. The number of rotatable bonds is 6. The third-order valence-electron chi connectivity index (χ3n) is 5.30. The number of halogens is 1. The highest BCUT2D eigenvalue weighted by molar-refractivity contribution is 5.94. The van der Waals surface area contributed by atoms with Gasteiger partial charge in [0.05, 0.1) is 0 Å². The van der Waals surface area contributed by atoms with Gasteiger partial charge in [-0.1, -0.05) is 42.5 Å². The van der Waals surface area contributed by atoms with Crippen molar-refractivity contribution in [3.63, 3.8) is 0 Å². The van der Waals surface area contributed by atoms with Crippen LogP contribution in [0.3, 0.4) is 0 Å². The van der Waals surface area contributed by atoms with Crippen molar-refractivity contribution >= 4 is 34.9 Å². The number of carbonyl (C=O) groups excluding carboxylic acids is 1. The van der Waals surface area contributed by atoms with Gasteiger partial charge in [-0.25, -0.2) is 4.98 Å². The van der Waals surface area contributed by atoms with Crippen LogP contribution in [0.25, 0.3) is 10.8 Å². The van der Waals surface area contributed by atoms with Crippen LogP contribution in [0.15, 0.2) is 66.9 Å². The van der Waals surface area contributed by atoms with Gasteiger partial charge < -0.3 is 10.2 Å². The summed E-state index contributed by atoms with van der Waals surface area (Å²) >= 11 is 0. The summed E-state index contributed by atoms with van der Waals surface area (Å²) in [6.07, 6.45) is 2.87. The van der Waals surface area contributed by atoms with Gasteiger partial charge in [0.15, 0.2) is 0 Å². The molecule has 0 aliphatic carbocycles. The largest absolute Gasteiger partial charge is 0.354 e. The molecule has 0 spiro atoms. The molecule has 152 valence electrons. The van der Waals surface area contributed by atoms with E-state index in [9.17, 15) is 4.79 Å². The molecule has 1 aliphatic heterocycles. The Bertz CT molecular complexity index is 921. The quantitative estimate of drug-likeness (QED) is 0.631. The topological polar surface area (TPSA) is 48.5 Å². The number of anilines is 1. The molecule has 0 bridgehead atoms. The molecule has 0 atom stereocenters. The Labute approximate surface area is 178 Å². The highest BCUT2D eigenvalue weighted by Gasteiger charge is 2.19. The lowest BCUT2D eigenvalue weighted by Gasteiger charge is -2.35. The molecule has 0 saturated carbocycles. The van der Waals surface area contributed by atoms with Crippen molar-refractivity contribution in [1.29, 1.82) is 0 Å². The van der Waals surface area contributed by atoms with E-state index < -0.39 is 0 Å². The number of hydrogen-bond donors (Lipinski definition) is 1. The fourth-order valence-corrected chi connectivity index (χ4v) is 3.74. The van der Waals surface area contributed by atoms with Gasteiger partial charge in [0, 0.05) is 49.9 Å². The van der Waals surface area contributed by atoms with Gasteiger partial charge in [-0.15, -0.1) is 12.4 Å². The molecule has 1 aromatic heterocycles. The maximum atomic E-state index is 12.1. The van der Waals surface area contributed by atoms with Crippen LogP contribution in [0.1, 0.15) is 16.8 Å². The van der Waals surface area contributed by atoms with Crippen LogP contribution in [-0.2, 0) is 0 Å². The van der Waals surface area contributed by atoms with E-state index in [0.29, 0.717) is 6.54 Å². The SMILES string of the molecule is Cl.O=C(NCCCN1CCN(c2nccc3ccccc23)CC1)c1ccccc1. The summed E-state index contributed by atoms with van der Waals surface area (Å²) in [4.78, 5) is 21.6. The first-order chi connectivity index (χ1) is 13.8. The number of piperazine rings is 1. The number of nitrogens with one attached hydrogen (secondary N) is 1. The Balaban J connectivity index is 0.00000240. The summed E-state index contributed by atoms with van der Waals surface area (Å²) in [5.74, 6) is 1.10. The van der Waals surface area contributed by atoms with Crippen LogP contribution < -0.4 is 10.2 Å². The Morgan fingerprint density at radius 1 is 0.931 bits per heavy atom. The van der Waals surface area contributed by atoms with E-state index in [1.807, 2.05) is 36.5 Å². The molecule has 1 fully saturated rings. The van der Waals surface area contributed by atoms with Crippen molar-refractivity contribution in [2.24, 2.45) is 0 Å². The summed E-state index contributed by atoms with van der Waals surface area (Å²) in [5.41, 5.74) is 0.721. The van der Waals surface area contributed by atoms with E-state index >= 15 is 0 Å². The first kappa shape index (κ1) is 21.1. The maximum Gasteiger partial charge on any atom is 0.251 e. The van der Waals surface area contributed by atoms with Crippen molar-refractivity contribution in [2.75, 3.05) is 44.2 Å². The summed E-state index contributed by atoms with van der Waals surface area (Å²) < 4.78 is 0. The Hall–Kier alpha value is -2.63. The summed E-state index contributed by atoms with van der Waals surface area (Å²) in [6, 6.07) is 19.9. The molecule has 5 nitrogen and oxygen atoms in total. The van der Waals surface area contributed by atoms with Crippen LogP contribution in [0.2, 0.25) is 0 Å². The molecule has 0 radical (unpaired) electrons. The summed E-state index contributed by atoms with van der Waals surface area (Å²) in [7, 11) is 0. The highest BCUT2D eigenvalue weighted by Crippen LogP contribution is 2.24. The fraction of sp³-hybridized carbons (Fsp3) is 0.304. The van der Waals surface area contributed by atoms with Crippen LogP contribution >= 0.6 is 12.4 Å². The number of carbonyl (C=O) groups is 1. The second-order valence-electron chi connectivity index (χ2n) is 7.16. The third kappa shape index (κ3) is 5.25. The standard InChI is InChI=1S/C23H26N4O.ClH/c28-23(20-8-2-1-3-9-20)25-12-6-14-26-15-17-27(18-16-26)22-21-10-5-4-7-19(21)11-13-24-22;/h1-5,7-11,13H,6,12,14-18H2,(H,25,28);1H. The molecule has 3 aromatic rings. The summed E-state index contributed by atoms with van der Waals surface area (Å²) in [5, 5.41) is 5.47. The number of fused-ring (bicyclic) bond motifs is 1. The van der Waals surface area contributed by atoms with Gasteiger partial charge in [0.2, 0.25) is 0 Å². The monoisotopic (exact) mass is 410 g/mol. The minimum absolute atomic E-state index is 0. The lowest BCUT2D eigenvalue weighted by molar-refractivity contribution is 0.0951. The molecule has 2 heterocycles. The Morgan fingerprint density at radius 3 is 2.45 bits per heavy atom. The first-order valence-electron chi connectivity index (χ1n) is 9.95. The number of nitrogens with zero attached hydrogens (tertiary/aromatic N) is 3. The number of hydrogen-bond acceptors (Lipinski definition) is 4. The third-order valence-corrected chi connectivity index (χ3v) is 5.30. The van der Waals surface area contributed by atoms with E-state index in [-0.39, 0.29) is 18.3 Å². The average molecular weight is 411 g/mol. The van der Waals surface area contributed by atoms with E-state index in [4.69, 9.17) is 0 Å². The second-order valence-corrected chi connectivity index (χ2v) is 7.16. The summed E-state index contributed by atoms with van der Waals surface area (Å²) in [6.45, 7) is 5.73. The zero-order chi connectivity index (χ0) is 19.2. The van der Waals surface area contributed by atoms with Gasteiger partial charge in [0.1, 0.15) is 5.82 Å². The highest BCUT2D eigenvalue weighted by atomic mass is 35.5. The molecule has 4 rings (SSSR count). The van der Waals surface area contributed by atoms with Crippen molar-refractivity contribution in [3.05, 3.63) is 72.4 Å². The van der Waals surface area contributed by atoms with Crippen LogP contribution in [0.5, 0.6) is 0 Å². The van der Waals surface area contributed by atoms with Gasteiger partial charge >= 0.3 is 0 Å². The molecule has 1 amide bonds. The Morgan fingerprint density at radius 2 is 1.66 bits per heavy atom. The predicted molar refractivity (Wildman–Crippen MR) is 121 cm³/mol. The number of benzene rings is 2. The second kappa shape index (κ2) is 10.2. The van der Waals surface area contributed by atoms with Crippen LogP contribution in [0, 0.1) is 0 Å². The number of amides is 1. The van der Waals surface area contributed by atoms with E-state index in [2.05, 4.69) is 50.4 Å². The zero-order valence-corrected chi connectivity index (χ0v) is 17.3. The number of aromatic nitrogens is 1. The number of pyridine rings is 1. The van der Waals surface area contributed by atoms with Crippen LogP contribution in [0.4, 0.5) is 5.82 Å². The van der Waals surface area contributed by atoms with E-state index in [1.54, 1.807) is 0 Å². The molecule has 1 saturated heterocycles. The molecule has 29 heavy (non-hydrogen) atoms. The molecule has 0 unspecified atom stereocenters. The van der Waals surface area contributed by atoms with Gasteiger partial charge in [-0.2, -0.15) is 0 Å². The van der Waals surface area contributed by atoms with E-state index in [0.717, 1.165) is 50.5 Å². The molecular weight excluding hydrogens is 384 g/mol. The predicted octanol–water partition coefficient (Wildman–Crippen LogP) is 3.60. The van der Waals surface area contributed by atoms with E-state index in [1.165, 1.54) is 10.8 Å². The Kier molecular flexibility index (Phi) is 7.44. The lowest BCUT2D eigenvalue weighted by Crippen LogP contribution is -2.47. The lowest BCUT2D eigenvalue weighted by atomic mass is 10.1. The van der Waals surface area contributed by atoms with Crippen molar-refractivity contribution in [3.8, 4) is 0 Å². The molecular formula is C23H27ClN4O. The smallest absolute Gasteiger partial charge is 0.251 e. The minimum atomic E-state index is 0. The maximum absolute atomic E-state index is 12.1. The van der Waals surface area contributed by atoms with Crippen LogP contribution in [-0.4, -0.2) is 55.1 Å². The van der Waals surface area contributed by atoms with Gasteiger partial charge in [0.25, 0.3) is 5.91 Å². The van der Waals surface area contributed by atoms with Gasteiger partial charge in [-0.3, -0.25) is 9.69 Å². The molecule has 1 aliphatic rings. The zero-order valence-electron chi connectivity index (χ0n) is 16.5. The van der Waals surface area contributed by atoms with Crippen molar-refractivity contribution < 1.29 is 4.79 Å². The van der Waals surface area contributed by atoms with Crippen molar-refractivity contribution in [2.45, 2.75) is 6.42 Å². The fourth-order valence-electron chi connectivity index (χ4n) is 3.74. The normalized spacial score (nSPS) is 14.4. The van der Waals surface area contributed by atoms with Crippen molar-refractivity contribution in [1.82, 2.24) is 15.2 Å². The molecule has 1 N–H and O–H groups in total. The van der Waals surface area contributed by atoms with Gasteiger partial charge in [-0.05, 0) is 36.6 Å². The molecule has 6 heteroatoms. The molecule has 2 aromatic carbocycles. The first-order valence-corrected chi connectivity index (χ1v) is 9.95. The minimum Gasteiger partial charge on any atom is -0.354 e.